The lowest BCUT2D eigenvalue weighted by molar-refractivity contribution is 0.102. The molecule has 0 unspecified atom stereocenters. The first-order valence-corrected chi connectivity index (χ1v) is 9.05. The van der Waals surface area contributed by atoms with Gasteiger partial charge in [0.25, 0.3) is 5.91 Å². The molecule has 0 aliphatic rings. The largest absolute Gasteiger partial charge is 0.494 e. The Bertz CT molecular complexity index is 843. The number of amides is 1. The molecule has 0 aliphatic heterocycles. The zero-order chi connectivity index (χ0) is 18.9. The molecule has 0 fully saturated rings. The van der Waals surface area contributed by atoms with E-state index in [4.69, 9.17) is 9.47 Å². The van der Waals surface area contributed by atoms with Gasteiger partial charge in [-0.05, 0) is 60.5 Å². The van der Waals surface area contributed by atoms with E-state index in [9.17, 15) is 4.79 Å². The topological polar surface area (TPSA) is 47.6 Å². The van der Waals surface area contributed by atoms with Crippen LogP contribution in [0, 0.1) is 0 Å². The Balaban J connectivity index is 1.53. The number of rotatable bonds is 8. The SMILES string of the molecule is CCCOc1ccc(C(=O)Nc2ccc(OCc3ccccc3)cc2)cc1. The Morgan fingerprint density at radius 2 is 1.44 bits per heavy atom. The molecule has 4 nitrogen and oxygen atoms in total. The van der Waals surface area contributed by atoms with Crippen molar-refractivity contribution in [2.75, 3.05) is 11.9 Å². The molecule has 3 aromatic carbocycles. The maximum Gasteiger partial charge on any atom is 0.255 e. The predicted molar refractivity (Wildman–Crippen MR) is 107 cm³/mol. The van der Waals surface area contributed by atoms with Gasteiger partial charge >= 0.3 is 0 Å². The van der Waals surface area contributed by atoms with Gasteiger partial charge in [-0.3, -0.25) is 4.79 Å². The van der Waals surface area contributed by atoms with E-state index in [1.54, 1.807) is 12.1 Å². The first-order valence-electron chi connectivity index (χ1n) is 9.05. The number of carbonyl (C=O) groups is 1. The summed E-state index contributed by atoms with van der Waals surface area (Å²) >= 11 is 0. The third kappa shape index (κ3) is 5.61. The summed E-state index contributed by atoms with van der Waals surface area (Å²) in [5, 5.41) is 2.89. The van der Waals surface area contributed by atoms with Crippen molar-refractivity contribution in [3.63, 3.8) is 0 Å². The molecule has 1 amide bonds. The van der Waals surface area contributed by atoms with Crippen LogP contribution in [0.5, 0.6) is 11.5 Å². The first kappa shape index (κ1) is 18.5. The van der Waals surface area contributed by atoms with Gasteiger partial charge in [0.2, 0.25) is 0 Å². The summed E-state index contributed by atoms with van der Waals surface area (Å²) in [4.78, 5) is 12.4. The van der Waals surface area contributed by atoms with E-state index in [1.807, 2.05) is 66.7 Å². The van der Waals surface area contributed by atoms with Crippen LogP contribution in [0.3, 0.4) is 0 Å². The smallest absolute Gasteiger partial charge is 0.255 e. The van der Waals surface area contributed by atoms with Gasteiger partial charge < -0.3 is 14.8 Å². The van der Waals surface area contributed by atoms with Crippen LogP contribution in [0.4, 0.5) is 5.69 Å². The van der Waals surface area contributed by atoms with Crippen LogP contribution >= 0.6 is 0 Å². The van der Waals surface area contributed by atoms with Crippen LogP contribution in [-0.2, 0) is 6.61 Å². The highest BCUT2D eigenvalue weighted by atomic mass is 16.5. The van der Waals surface area contributed by atoms with Crippen molar-refractivity contribution >= 4 is 11.6 Å². The summed E-state index contributed by atoms with van der Waals surface area (Å²) in [6.07, 6.45) is 0.952. The van der Waals surface area contributed by atoms with Crippen molar-refractivity contribution in [2.24, 2.45) is 0 Å². The molecule has 1 N–H and O–H groups in total. The average Bonchev–Trinajstić information content (AvgIpc) is 2.73. The van der Waals surface area contributed by atoms with Gasteiger partial charge in [-0.25, -0.2) is 0 Å². The van der Waals surface area contributed by atoms with Crippen molar-refractivity contribution in [1.29, 1.82) is 0 Å². The van der Waals surface area contributed by atoms with Crippen molar-refractivity contribution < 1.29 is 14.3 Å². The molecule has 0 aromatic heterocycles. The molecule has 0 saturated carbocycles. The van der Waals surface area contributed by atoms with Gasteiger partial charge in [-0.15, -0.1) is 0 Å². The molecule has 0 spiro atoms. The zero-order valence-corrected chi connectivity index (χ0v) is 15.4. The van der Waals surface area contributed by atoms with Gasteiger partial charge in [-0.1, -0.05) is 37.3 Å². The van der Waals surface area contributed by atoms with E-state index in [0.29, 0.717) is 18.8 Å². The quantitative estimate of drug-likeness (QED) is 0.592. The molecule has 0 radical (unpaired) electrons. The second-order valence-electron chi connectivity index (χ2n) is 6.13. The molecule has 138 valence electrons. The second kappa shape index (κ2) is 9.43. The number of anilines is 1. The number of hydrogen-bond acceptors (Lipinski definition) is 3. The molecule has 3 aromatic rings. The van der Waals surface area contributed by atoms with Gasteiger partial charge in [0.15, 0.2) is 0 Å². The van der Waals surface area contributed by atoms with E-state index < -0.39 is 0 Å². The van der Waals surface area contributed by atoms with Crippen LogP contribution in [0.15, 0.2) is 78.9 Å². The predicted octanol–water partition coefficient (Wildman–Crippen LogP) is 5.31. The fourth-order valence-corrected chi connectivity index (χ4v) is 2.50. The summed E-state index contributed by atoms with van der Waals surface area (Å²) in [6.45, 7) is 3.24. The standard InChI is InChI=1S/C23H23NO3/c1-2-16-26-21-12-8-19(9-13-21)23(25)24-20-10-14-22(15-11-20)27-17-18-6-4-3-5-7-18/h3-15H,2,16-17H2,1H3,(H,24,25). The Morgan fingerprint density at radius 3 is 2.11 bits per heavy atom. The maximum atomic E-state index is 12.4. The minimum absolute atomic E-state index is 0.157. The number of ether oxygens (including phenoxy) is 2. The third-order valence-electron chi connectivity index (χ3n) is 3.95. The monoisotopic (exact) mass is 361 g/mol. The minimum Gasteiger partial charge on any atom is -0.494 e. The summed E-state index contributed by atoms with van der Waals surface area (Å²) in [7, 11) is 0. The van der Waals surface area contributed by atoms with Crippen molar-refractivity contribution in [3.05, 3.63) is 90.0 Å². The molecular weight excluding hydrogens is 338 g/mol. The molecule has 0 heterocycles. The van der Waals surface area contributed by atoms with Gasteiger partial charge in [0.1, 0.15) is 18.1 Å². The lowest BCUT2D eigenvalue weighted by Crippen LogP contribution is -2.11. The van der Waals surface area contributed by atoms with E-state index in [0.717, 1.165) is 29.2 Å². The normalized spacial score (nSPS) is 10.3. The van der Waals surface area contributed by atoms with Crippen LogP contribution in [0.2, 0.25) is 0 Å². The second-order valence-corrected chi connectivity index (χ2v) is 6.13. The van der Waals surface area contributed by atoms with Crippen LogP contribution in [-0.4, -0.2) is 12.5 Å². The molecule has 0 saturated heterocycles. The number of nitrogens with one attached hydrogen (secondary N) is 1. The zero-order valence-electron chi connectivity index (χ0n) is 15.4. The van der Waals surface area contributed by atoms with E-state index in [1.165, 1.54) is 0 Å². The highest BCUT2D eigenvalue weighted by Crippen LogP contribution is 2.19. The number of hydrogen-bond donors (Lipinski definition) is 1. The maximum absolute atomic E-state index is 12.4. The molecule has 4 heteroatoms. The Kier molecular flexibility index (Phi) is 6.47. The Hall–Kier alpha value is -3.27. The average molecular weight is 361 g/mol. The summed E-state index contributed by atoms with van der Waals surface area (Å²) in [6, 6.07) is 24.5. The van der Waals surface area contributed by atoms with Gasteiger partial charge in [0.05, 0.1) is 6.61 Å². The van der Waals surface area contributed by atoms with Crippen LogP contribution < -0.4 is 14.8 Å². The molecule has 0 aliphatic carbocycles. The Morgan fingerprint density at radius 1 is 0.815 bits per heavy atom. The van der Waals surface area contributed by atoms with E-state index in [-0.39, 0.29) is 5.91 Å². The van der Waals surface area contributed by atoms with Gasteiger partial charge in [0, 0.05) is 11.3 Å². The first-order chi connectivity index (χ1) is 13.2. The highest BCUT2D eigenvalue weighted by Gasteiger charge is 2.06. The fourth-order valence-electron chi connectivity index (χ4n) is 2.50. The van der Waals surface area contributed by atoms with Crippen molar-refractivity contribution in [1.82, 2.24) is 0 Å². The van der Waals surface area contributed by atoms with E-state index in [2.05, 4.69) is 12.2 Å². The summed E-state index contributed by atoms with van der Waals surface area (Å²) in [5.41, 5.74) is 2.42. The number of carbonyl (C=O) groups excluding carboxylic acids is 1. The van der Waals surface area contributed by atoms with Crippen LogP contribution in [0.25, 0.3) is 0 Å². The van der Waals surface area contributed by atoms with Crippen LogP contribution in [0.1, 0.15) is 29.3 Å². The minimum atomic E-state index is -0.157. The highest BCUT2D eigenvalue weighted by molar-refractivity contribution is 6.04. The van der Waals surface area contributed by atoms with Gasteiger partial charge in [-0.2, -0.15) is 0 Å². The van der Waals surface area contributed by atoms with Crippen molar-refractivity contribution in [3.8, 4) is 11.5 Å². The molecule has 27 heavy (non-hydrogen) atoms. The van der Waals surface area contributed by atoms with Crippen molar-refractivity contribution in [2.45, 2.75) is 20.0 Å². The summed E-state index contributed by atoms with van der Waals surface area (Å²) < 4.78 is 11.3. The molecule has 3 rings (SSSR count). The Labute approximate surface area is 159 Å². The van der Waals surface area contributed by atoms with E-state index >= 15 is 0 Å². The lowest BCUT2D eigenvalue weighted by Gasteiger charge is -2.09. The molecule has 0 atom stereocenters. The lowest BCUT2D eigenvalue weighted by atomic mass is 10.2. The molecule has 0 bridgehead atoms. The third-order valence-corrected chi connectivity index (χ3v) is 3.95. The fraction of sp³-hybridized carbons (Fsp3) is 0.174. The molecular formula is C23H23NO3. The summed E-state index contributed by atoms with van der Waals surface area (Å²) in [5.74, 6) is 1.37. The number of benzene rings is 3.